The van der Waals surface area contributed by atoms with E-state index in [0.717, 1.165) is 12.2 Å². The van der Waals surface area contributed by atoms with Gasteiger partial charge in [0, 0.05) is 18.0 Å². The summed E-state index contributed by atoms with van der Waals surface area (Å²) in [6.07, 6.45) is 1.02. The molecule has 0 radical (unpaired) electrons. The highest BCUT2D eigenvalue weighted by Gasteiger charge is 2.13. The van der Waals surface area contributed by atoms with Gasteiger partial charge in [-0.25, -0.2) is 0 Å². The number of fused-ring (bicyclic) bond motifs is 1. The molecule has 0 aliphatic heterocycles. The van der Waals surface area contributed by atoms with Crippen molar-refractivity contribution in [1.82, 2.24) is 4.57 Å². The third-order valence-electron chi connectivity index (χ3n) is 4.09. The second-order valence-electron chi connectivity index (χ2n) is 5.46. The zero-order valence-electron chi connectivity index (χ0n) is 12.9. The SMILES string of the molecule is CCc1c(COc2ccc(C)cc2)n(C)c2ccccc12. The molecule has 0 fully saturated rings. The maximum Gasteiger partial charge on any atom is 0.128 e. The van der Waals surface area contributed by atoms with E-state index in [1.807, 2.05) is 12.1 Å². The average Bonchev–Trinajstić information content (AvgIpc) is 2.79. The van der Waals surface area contributed by atoms with E-state index in [1.54, 1.807) is 0 Å². The first-order valence-corrected chi connectivity index (χ1v) is 7.45. The number of para-hydroxylation sites is 1. The van der Waals surface area contributed by atoms with Crippen LogP contribution in [0.1, 0.15) is 23.7 Å². The topological polar surface area (TPSA) is 14.2 Å². The van der Waals surface area contributed by atoms with Crippen LogP contribution in [-0.4, -0.2) is 4.57 Å². The Morgan fingerprint density at radius 2 is 1.71 bits per heavy atom. The highest BCUT2D eigenvalue weighted by molar-refractivity contribution is 5.85. The van der Waals surface area contributed by atoms with Crippen molar-refractivity contribution in [3.05, 3.63) is 65.4 Å². The number of hydrogen-bond acceptors (Lipinski definition) is 1. The molecule has 2 aromatic carbocycles. The van der Waals surface area contributed by atoms with E-state index in [4.69, 9.17) is 4.74 Å². The molecule has 0 spiro atoms. The number of hydrogen-bond donors (Lipinski definition) is 0. The summed E-state index contributed by atoms with van der Waals surface area (Å²) >= 11 is 0. The Bertz CT molecular complexity index is 753. The lowest BCUT2D eigenvalue weighted by molar-refractivity contribution is 0.296. The number of ether oxygens (including phenoxy) is 1. The van der Waals surface area contributed by atoms with E-state index in [1.165, 1.54) is 27.7 Å². The Balaban J connectivity index is 1.93. The number of rotatable bonds is 4. The Morgan fingerprint density at radius 1 is 1.00 bits per heavy atom. The summed E-state index contributed by atoms with van der Waals surface area (Å²) in [6.45, 7) is 4.90. The van der Waals surface area contributed by atoms with E-state index >= 15 is 0 Å². The molecule has 1 aromatic heterocycles. The van der Waals surface area contributed by atoms with Crippen molar-refractivity contribution in [2.75, 3.05) is 0 Å². The van der Waals surface area contributed by atoms with Crippen LogP contribution in [-0.2, 0) is 20.1 Å². The third-order valence-corrected chi connectivity index (χ3v) is 4.09. The number of aryl methyl sites for hydroxylation is 3. The number of aromatic nitrogens is 1. The number of benzene rings is 2. The Kier molecular flexibility index (Phi) is 3.70. The van der Waals surface area contributed by atoms with Gasteiger partial charge < -0.3 is 9.30 Å². The van der Waals surface area contributed by atoms with E-state index in [2.05, 4.69) is 61.9 Å². The van der Waals surface area contributed by atoms with Gasteiger partial charge in [0.15, 0.2) is 0 Å². The smallest absolute Gasteiger partial charge is 0.128 e. The van der Waals surface area contributed by atoms with Crippen LogP contribution in [0.4, 0.5) is 0 Å². The van der Waals surface area contributed by atoms with Crippen molar-refractivity contribution in [3.8, 4) is 5.75 Å². The monoisotopic (exact) mass is 279 g/mol. The van der Waals surface area contributed by atoms with Gasteiger partial charge in [-0.1, -0.05) is 42.8 Å². The van der Waals surface area contributed by atoms with Crippen molar-refractivity contribution < 1.29 is 4.74 Å². The van der Waals surface area contributed by atoms with E-state index < -0.39 is 0 Å². The van der Waals surface area contributed by atoms with Gasteiger partial charge in [-0.05, 0) is 37.1 Å². The normalized spacial score (nSPS) is 11.0. The molecule has 0 N–H and O–H groups in total. The summed E-state index contributed by atoms with van der Waals surface area (Å²) in [7, 11) is 2.12. The Morgan fingerprint density at radius 3 is 2.43 bits per heavy atom. The molecule has 0 amide bonds. The lowest BCUT2D eigenvalue weighted by Crippen LogP contribution is -2.04. The van der Waals surface area contributed by atoms with Gasteiger partial charge in [-0.3, -0.25) is 0 Å². The highest BCUT2D eigenvalue weighted by atomic mass is 16.5. The summed E-state index contributed by atoms with van der Waals surface area (Å²) in [6, 6.07) is 16.8. The predicted molar refractivity (Wildman–Crippen MR) is 87.8 cm³/mol. The summed E-state index contributed by atoms with van der Waals surface area (Å²) in [5.41, 5.74) is 5.18. The van der Waals surface area contributed by atoms with Crippen molar-refractivity contribution in [2.24, 2.45) is 7.05 Å². The van der Waals surface area contributed by atoms with Gasteiger partial charge >= 0.3 is 0 Å². The highest BCUT2D eigenvalue weighted by Crippen LogP contribution is 2.27. The molecule has 0 aliphatic carbocycles. The first kappa shape index (κ1) is 13.7. The molecular weight excluding hydrogens is 258 g/mol. The van der Waals surface area contributed by atoms with Crippen LogP contribution in [0.3, 0.4) is 0 Å². The molecule has 21 heavy (non-hydrogen) atoms. The van der Waals surface area contributed by atoms with Gasteiger partial charge in [0.1, 0.15) is 12.4 Å². The second kappa shape index (κ2) is 5.65. The Labute approximate surface area is 126 Å². The molecule has 0 atom stereocenters. The molecule has 3 aromatic rings. The van der Waals surface area contributed by atoms with Crippen LogP contribution < -0.4 is 4.74 Å². The van der Waals surface area contributed by atoms with Crippen LogP contribution in [0.2, 0.25) is 0 Å². The molecule has 2 heteroatoms. The van der Waals surface area contributed by atoms with Crippen molar-refractivity contribution >= 4 is 10.9 Å². The lowest BCUT2D eigenvalue weighted by atomic mass is 10.1. The van der Waals surface area contributed by atoms with Crippen LogP contribution >= 0.6 is 0 Å². The van der Waals surface area contributed by atoms with Crippen molar-refractivity contribution in [1.29, 1.82) is 0 Å². The maximum atomic E-state index is 5.98. The number of nitrogens with zero attached hydrogens (tertiary/aromatic N) is 1. The molecule has 108 valence electrons. The zero-order valence-corrected chi connectivity index (χ0v) is 12.9. The first-order valence-electron chi connectivity index (χ1n) is 7.45. The van der Waals surface area contributed by atoms with Crippen LogP contribution in [0.15, 0.2) is 48.5 Å². The second-order valence-corrected chi connectivity index (χ2v) is 5.46. The minimum absolute atomic E-state index is 0.609. The first-order chi connectivity index (χ1) is 10.2. The molecule has 0 bridgehead atoms. The van der Waals surface area contributed by atoms with E-state index in [0.29, 0.717) is 6.61 Å². The Hall–Kier alpha value is -2.22. The summed E-state index contributed by atoms with van der Waals surface area (Å²) in [5.74, 6) is 0.924. The minimum Gasteiger partial charge on any atom is -0.487 e. The minimum atomic E-state index is 0.609. The van der Waals surface area contributed by atoms with E-state index in [9.17, 15) is 0 Å². The zero-order chi connectivity index (χ0) is 14.8. The molecule has 1 heterocycles. The van der Waals surface area contributed by atoms with Crippen LogP contribution in [0.25, 0.3) is 10.9 Å². The summed E-state index contributed by atoms with van der Waals surface area (Å²) in [5, 5.41) is 1.34. The predicted octanol–water partition coefficient (Wildman–Crippen LogP) is 4.63. The van der Waals surface area contributed by atoms with Crippen molar-refractivity contribution in [3.63, 3.8) is 0 Å². The third kappa shape index (κ3) is 2.54. The fraction of sp³-hybridized carbons (Fsp3) is 0.263. The molecule has 3 rings (SSSR count). The van der Waals surface area contributed by atoms with Crippen LogP contribution in [0.5, 0.6) is 5.75 Å². The molecular formula is C19H21NO. The largest absolute Gasteiger partial charge is 0.487 e. The van der Waals surface area contributed by atoms with Crippen LogP contribution in [0, 0.1) is 6.92 Å². The quantitative estimate of drug-likeness (QED) is 0.679. The summed E-state index contributed by atoms with van der Waals surface area (Å²) in [4.78, 5) is 0. The molecule has 0 saturated carbocycles. The molecule has 0 saturated heterocycles. The van der Waals surface area contributed by atoms with Gasteiger partial charge in [-0.2, -0.15) is 0 Å². The van der Waals surface area contributed by atoms with Gasteiger partial charge in [0.2, 0.25) is 0 Å². The summed E-state index contributed by atoms with van der Waals surface area (Å²) < 4.78 is 8.23. The van der Waals surface area contributed by atoms with Crippen molar-refractivity contribution in [2.45, 2.75) is 26.9 Å². The lowest BCUT2D eigenvalue weighted by Gasteiger charge is -2.10. The molecule has 2 nitrogen and oxygen atoms in total. The van der Waals surface area contributed by atoms with Gasteiger partial charge in [-0.15, -0.1) is 0 Å². The van der Waals surface area contributed by atoms with Gasteiger partial charge in [0.05, 0.1) is 5.69 Å². The fourth-order valence-electron chi connectivity index (χ4n) is 2.89. The van der Waals surface area contributed by atoms with E-state index in [-0.39, 0.29) is 0 Å². The average molecular weight is 279 g/mol. The maximum absolute atomic E-state index is 5.98. The molecule has 0 unspecified atom stereocenters. The fourth-order valence-corrected chi connectivity index (χ4v) is 2.89. The van der Waals surface area contributed by atoms with Gasteiger partial charge in [0.25, 0.3) is 0 Å². The standard InChI is InChI=1S/C19H21NO/c1-4-16-17-7-5-6-8-18(17)20(3)19(16)13-21-15-11-9-14(2)10-12-15/h5-12H,4,13H2,1-3H3. The molecule has 0 aliphatic rings.